The highest BCUT2D eigenvalue weighted by Gasteiger charge is 2.18. The van der Waals surface area contributed by atoms with Gasteiger partial charge in [0.1, 0.15) is 0 Å². The number of carbonyl (C=O) groups is 1. The van der Waals surface area contributed by atoms with Gasteiger partial charge in [-0.25, -0.2) is 0 Å². The van der Waals surface area contributed by atoms with Crippen molar-refractivity contribution in [3.8, 4) is 12.3 Å². The predicted octanol–water partition coefficient (Wildman–Crippen LogP) is 4.50. The van der Waals surface area contributed by atoms with Crippen LogP contribution in [0.25, 0.3) is 17.0 Å². The number of aromatic nitrogens is 2. The number of aromatic amines is 1. The third kappa shape index (κ3) is 4.57. The monoisotopic (exact) mass is 423 g/mol. The first-order chi connectivity index (χ1) is 15.5. The summed E-state index contributed by atoms with van der Waals surface area (Å²) < 4.78 is 0. The van der Waals surface area contributed by atoms with Crippen molar-refractivity contribution in [3.63, 3.8) is 0 Å². The molecule has 1 unspecified atom stereocenters. The number of nitrogens with zero attached hydrogens (tertiary/aromatic N) is 1. The molecule has 0 radical (unpaired) electrons. The van der Waals surface area contributed by atoms with Gasteiger partial charge in [0.05, 0.1) is 34.5 Å². The highest BCUT2D eigenvalue weighted by atomic mass is 16.1. The zero-order valence-electron chi connectivity index (χ0n) is 18.1. The van der Waals surface area contributed by atoms with Gasteiger partial charge in [0.15, 0.2) is 0 Å². The molecule has 0 saturated carbocycles. The minimum absolute atomic E-state index is 0.184. The number of hydrogen-bond acceptors (Lipinski definition) is 4. The molecule has 0 saturated heterocycles. The second-order valence-corrected chi connectivity index (χ2v) is 7.91. The summed E-state index contributed by atoms with van der Waals surface area (Å²) in [5.74, 6) is 2.20. The van der Waals surface area contributed by atoms with E-state index in [1.165, 1.54) is 5.57 Å². The molecule has 160 valence electrons. The van der Waals surface area contributed by atoms with Crippen molar-refractivity contribution in [1.82, 2.24) is 20.8 Å². The zero-order valence-corrected chi connectivity index (χ0v) is 18.1. The normalized spacial score (nSPS) is 17.6. The molecule has 32 heavy (non-hydrogen) atoms. The largest absolute Gasteiger partial charge is 0.379 e. The van der Waals surface area contributed by atoms with Gasteiger partial charge in [-0.15, -0.1) is 6.42 Å². The molecule has 1 aliphatic heterocycles. The number of dihydropyridines is 1. The SMILES string of the molecule is C#CCNC(=O)c1ccccc1Nc1ccc2c(C=CC3(C)C=C(C)C=CN3)n[nH]c2c1. The Morgan fingerprint density at radius 1 is 1.28 bits per heavy atom. The van der Waals surface area contributed by atoms with E-state index in [2.05, 4.69) is 58.1 Å². The van der Waals surface area contributed by atoms with E-state index in [9.17, 15) is 4.79 Å². The Hall–Kier alpha value is -4.24. The van der Waals surface area contributed by atoms with E-state index in [1.807, 2.05) is 54.8 Å². The molecule has 0 spiro atoms. The number of rotatable bonds is 6. The van der Waals surface area contributed by atoms with E-state index in [-0.39, 0.29) is 18.0 Å². The molecule has 1 amide bonds. The number of nitrogens with one attached hydrogen (secondary N) is 4. The summed E-state index contributed by atoms with van der Waals surface area (Å²) in [4.78, 5) is 12.4. The van der Waals surface area contributed by atoms with Crippen molar-refractivity contribution < 1.29 is 4.79 Å². The highest BCUT2D eigenvalue weighted by molar-refractivity contribution is 6.00. The zero-order chi connectivity index (χ0) is 22.6. The van der Waals surface area contributed by atoms with Crippen molar-refractivity contribution >= 4 is 34.3 Å². The van der Waals surface area contributed by atoms with Crippen molar-refractivity contribution in [1.29, 1.82) is 0 Å². The minimum Gasteiger partial charge on any atom is -0.379 e. The lowest BCUT2D eigenvalue weighted by atomic mass is 9.95. The molecule has 2 aromatic carbocycles. The number of H-pyrrole nitrogens is 1. The van der Waals surface area contributed by atoms with Crippen LogP contribution in [-0.2, 0) is 0 Å². The molecule has 1 aromatic heterocycles. The smallest absolute Gasteiger partial charge is 0.254 e. The fraction of sp³-hybridized carbons (Fsp3) is 0.154. The molecule has 6 nitrogen and oxygen atoms in total. The van der Waals surface area contributed by atoms with Gasteiger partial charge in [0, 0.05) is 11.1 Å². The molecule has 0 aliphatic carbocycles. The van der Waals surface area contributed by atoms with Crippen LogP contribution in [0, 0.1) is 12.3 Å². The van der Waals surface area contributed by atoms with Crippen LogP contribution < -0.4 is 16.0 Å². The Morgan fingerprint density at radius 2 is 2.12 bits per heavy atom. The summed E-state index contributed by atoms with van der Waals surface area (Å²) in [6.07, 6.45) is 15.6. The molecule has 4 N–H and O–H groups in total. The molecule has 1 atom stereocenters. The minimum atomic E-state index is -0.255. The third-order valence-electron chi connectivity index (χ3n) is 5.25. The van der Waals surface area contributed by atoms with E-state index < -0.39 is 0 Å². The maximum Gasteiger partial charge on any atom is 0.254 e. The van der Waals surface area contributed by atoms with Gasteiger partial charge in [0.25, 0.3) is 5.91 Å². The van der Waals surface area contributed by atoms with Gasteiger partial charge in [-0.05, 0) is 62.5 Å². The van der Waals surface area contributed by atoms with Crippen LogP contribution in [0.4, 0.5) is 11.4 Å². The average molecular weight is 424 g/mol. The van der Waals surface area contributed by atoms with Crippen molar-refractivity contribution in [2.75, 3.05) is 11.9 Å². The number of terminal acetylenes is 1. The molecular weight excluding hydrogens is 398 g/mol. The van der Waals surface area contributed by atoms with E-state index >= 15 is 0 Å². The summed E-state index contributed by atoms with van der Waals surface area (Å²) in [6.45, 7) is 4.38. The molecule has 3 aromatic rings. The fourth-order valence-electron chi connectivity index (χ4n) is 3.68. The summed E-state index contributed by atoms with van der Waals surface area (Å²) in [5, 5.41) is 18.0. The van der Waals surface area contributed by atoms with E-state index in [0.717, 1.165) is 22.3 Å². The number of allylic oxidation sites excluding steroid dienone is 2. The number of amides is 1. The van der Waals surface area contributed by atoms with Crippen LogP contribution in [0.5, 0.6) is 0 Å². The van der Waals surface area contributed by atoms with Crippen LogP contribution in [0.15, 0.2) is 72.5 Å². The van der Waals surface area contributed by atoms with Gasteiger partial charge in [-0.2, -0.15) is 5.10 Å². The maximum absolute atomic E-state index is 12.4. The first-order valence-electron chi connectivity index (χ1n) is 10.4. The number of benzene rings is 2. The number of carbonyl (C=O) groups excluding carboxylic acids is 1. The Bertz CT molecular complexity index is 1290. The number of anilines is 2. The predicted molar refractivity (Wildman–Crippen MR) is 130 cm³/mol. The summed E-state index contributed by atoms with van der Waals surface area (Å²) in [5.41, 5.74) is 4.80. The second kappa shape index (κ2) is 8.86. The Balaban J connectivity index is 1.56. The number of fused-ring (bicyclic) bond motifs is 1. The summed E-state index contributed by atoms with van der Waals surface area (Å²) in [7, 11) is 0. The van der Waals surface area contributed by atoms with Crippen LogP contribution >= 0.6 is 0 Å². The molecule has 2 heterocycles. The molecule has 6 heteroatoms. The van der Waals surface area contributed by atoms with E-state index in [0.29, 0.717) is 11.3 Å². The van der Waals surface area contributed by atoms with Crippen molar-refractivity contribution in [2.24, 2.45) is 0 Å². The van der Waals surface area contributed by atoms with Crippen LogP contribution in [0.1, 0.15) is 29.9 Å². The van der Waals surface area contributed by atoms with E-state index in [4.69, 9.17) is 6.42 Å². The topological polar surface area (TPSA) is 81.8 Å². The molecule has 0 bridgehead atoms. The Kier molecular flexibility index (Phi) is 5.82. The van der Waals surface area contributed by atoms with E-state index in [1.54, 1.807) is 6.07 Å². The number of hydrogen-bond donors (Lipinski definition) is 4. The molecule has 1 aliphatic rings. The Morgan fingerprint density at radius 3 is 2.94 bits per heavy atom. The first kappa shape index (κ1) is 21.0. The van der Waals surface area contributed by atoms with Crippen LogP contribution in [-0.4, -0.2) is 28.2 Å². The summed E-state index contributed by atoms with van der Waals surface area (Å²) in [6, 6.07) is 13.3. The lowest BCUT2D eigenvalue weighted by molar-refractivity contribution is 0.0959. The van der Waals surface area contributed by atoms with Gasteiger partial charge < -0.3 is 16.0 Å². The maximum atomic E-state index is 12.4. The van der Waals surface area contributed by atoms with Crippen molar-refractivity contribution in [2.45, 2.75) is 19.4 Å². The first-order valence-corrected chi connectivity index (χ1v) is 10.4. The van der Waals surface area contributed by atoms with Gasteiger partial charge in [-0.1, -0.05) is 35.8 Å². The van der Waals surface area contributed by atoms with Crippen molar-refractivity contribution in [3.05, 3.63) is 83.7 Å². The third-order valence-corrected chi connectivity index (χ3v) is 5.25. The van der Waals surface area contributed by atoms with Crippen LogP contribution in [0.3, 0.4) is 0 Å². The Labute approximate surface area is 187 Å². The molecular formula is C26H25N5O. The lowest BCUT2D eigenvalue weighted by Crippen LogP contribution is -2.36. The highest BCUT2D eigenvalue weighted by Crippen LogP contribution is 2.26. The van der Waals surface area contributed by atoms with Crippen LogP contribution in [0.2, 0.25) is 0 Å². The molecule has 4 rings (SSSR count). The number of para-hydroxylation sites is 1. The summed E-state index contributed by atoms with van der Waals surface area (Å²) >= 11 is 0. The fourth-order valence-corrected chi connectivity index (χ4v) is 3.68. The second-order valence-electron chi connectivity index (χ2n) is 7.91. The van der Waals surface area contributed by atoms with Gasteiger partial charge in [-0.3, -0.25) is 9.89 Å². The standard InChI is InChI=1S/C26H25N5O/c1-4-14-27-25(32)21-7-5-6-8-22(21)29-19-9-10-20-23(30-31-24(20)16-19)11-13-26(3)17-18(2)12-15-28-26/h1,5-13,15-17,28-29H,14H2,2-3H3,(H,27,32)(H,30,31). The average Bonchev–Trinajstić information content (AvgIpc) is 3.18. The van der Waals surface area contributed by atoms with Gasteiger partial charge >= 0.3 is 0 Å². The van der Waals surface area contributed by atoms with Gasteiger partial charge in [0.2, 0.25) is 0 Å². The molecule has 0 fully saturated rings. The lowest BCUT2D eigenvalue weighted by Gasteiger charge is -2.26. The quantitative estimate of drug-likeness (QED) is 0.440.